The second kappa shape index (κ2) is 11.0. The third-order valence-electron chi connectivity index (χ3n) is 5.44. The van der Waals surface area contributed by atoms with Crippen LogP contribution < -0.4 is 20.7 Å². The maximum absolute atomic E-state index is 12.6. The molecule has 10 heteroatoms. The number of nitriles is 1. The highest BCUT2D eigenvalue weighted by atomic mass is 19.4. The van der Waals surface area contributed by atoms with Crippen molar-refractivity contribution in [1.82, 2.24) is 15.3 Å². The smallest absolute Gasteiger partial charge is 0.405 e. The lowest BCUT2D eigenvalue weighted by molar-refractivity contribution is -0.274. The predicted octanol–water partition coefficient (Wildman–Crippen LogP) is 4.44. The van der Waals surface area contributed by atoms with Crippen LogP contribution in [0.2, 0.25) is 0 Å². The van der Waals surface area contributed by atoms with Gasteiger partial charge in [0, 0.05) is 24.7 Å². The highest BCUT2D eigenvalue weighted by molar-refractivity contribution is 5.53. The highest BCUT2D eigenvalue weighted by Gasteiger charge is 2.32. The fourth-order valence-electron chi connectivity index (χ4n) is 3.83. The standard InChI is InChI=1S/C22H27F3N6O/c1-2-27-18-9-7-15(8-10-18)12-28-20-17(11-26)14-30-21(31-20)29-13-16-5-3-4-6-19(16)32-22(23,24)25/h3-6,14-15,18,27H,2,7-10,12-13H2,1H3,(H2,28,29,30,31). The number of rotatable bonds is 9. The molecule has 1 heterocycles. The number of benzene rings is 1. The van der Waals surface area contributed by atoms with E-state index >= 15 is 0 Å². The van der Waals surface area contributed by atoms with E-state index in [0.717, 1.165) is 32.2 Å². The molecule has 3 N–H and O–H groups in total. The number of anilines is 2. The molecule has 1 aliphatic carbocycles. The molecule has 3 rings (SSSR count). The Hall–Kier alpha value is -3.06. The average molecular weight is 448 g/mol. The van der Waals surface area contributed by atoms with Crippen molar-refractivity contribution >= 4 is 11.8 Å². The number of alkyl halides is 3. The molecular weight excluding hydrogens is 421 g/mol. The van der Waals surface area contributed by atoms with Crippen molar-refractivity contribution in [3.05, 3.63) is 41.6 Å². The van der Waals surface area contributed by atoms with Crippen molar-refractivity contribution in [3.63, 3.8) is 0 Å². The monoisotopic (exact) mass is 448 g/mol. The van der Waals surface area contributed by atoms with Crippen LogP contribution >= 0.6 is 0 Å². The first-order valence-electron chi connectivity index (χ1n) is 10.7. The number of ether oxygens (including phenoxy) is 1. The molecule has 0 spiro atoms. The van der Waals surface area contributed by atoms with Crippen LogP contribution in [-0.4, -0.2) is 35.5 Å². The molecule has 1 aromatic heterocycles. The van der Waals surface area contributed by atoms with E-state index in [9.17, 15) is 18.4 Å². The number of hydrogen-bond donors (Lipinski definition) is 3. The topological polar surface area (TPSA) is 94.9 Å². The zero-order chi connectivity index (χ0) is 23.0. The molecule has 2 aromatic rings. The van der Waals surface area contributed by atoms with Crippen molar-refractivity contribution in [2.24, 2.45) is 5.92 Å². The van der Waals surface area contributed by atoms with Crippen LogP contribution in [0.3, 0.4) is 0 Å². The summed E-state index contributed by atoms with van der Waals surface area (Å²) >= 11 is 0. The summed E-state index contributed by atoms with van der Waals surface area (Å²) in [5.41, 5.74) is 0.627. The number of aromatic nitrogens is 2. The van der Waals surface area contributed by atoms with Gasteiger partial charge in [-0.3, -0.25) is 0 Å². The van der Waals surface area contributed by atoms with Crippen LogP contribution in [0.15, 0.2) is 30.5 Å². The largest absolute Gasteiger partial charge is 0.573 e. The minimum atomic E-state index is -4.77. The van der Waals surface area contributed by atoms with Crippen LogP contribution in [0.1, 0.15) is 43.7 Å². The van der Waals surface area contributed by atoms with Gasteiger partial charge in [-0.2, -0.15) is 10.2 Å². The summed E-state index contributed by atoms with van der Waals surface area (Å²) in [5.74, 6) is 0.838. The molecule has 0 aliphatic heterocycles. The van der Waals surface area contributed by atoms with Crippen LogP contribution in [-0.2, 0) is 6.54 Å². The molecule has 0 radical (unpaired) electrons. The molecule has 0 saturated heterocycles. The Balaban J connectivity index is 1.60. The summed E-state index contributed by atoms with van der Waals surface area (Å²) in [7, 11) is 0. The molecular formula is C22H27F3N6O. The Labute approximate surface area is 185 Å². The van der Waals surface area contributed by atoms with Crippen LogP contribution in [0.25, 0.3) is 0 Å². The minimum Gasteiger partial charge on any atom is -0.405 e. The van der Waals surface area contributed by atoms with Crippen molar-refractivity contribution in [2.45, 2.75) is 51.6 Å². The lowest BCUT2D eigenvalue weighted by Crippen LogP contribution is -2.34. The van der Waals surface area contributed by atoms with Crippen LogP contribution in [0.4, 0.5) is 24.9 Å². The molecule has 172 valence electrons. The predicted molar refractivity (Wildman–Crippen MR) is 115 cm³/mol. The molecule has 1 saturated carbocycles. The fourth-order valence-corrected chi connectivity index (χ4v) is 3.83. The maximum Gasteiger partial charge on any atom is 0.573 e. The van der Waals surface area contributed by atoms with Gasteiger partial charge in [-0.25, -0.2) is 4.98 Å². The molecule has 1 aromatic carbocycles. The SMILES string of the molecule is CCNC1CCC(CNc2nc(NCc3ccccc3OC(F)(F)F)ncc2C#N)CC1. The van der Waals surface area contributed by atoms with E-state index in [-0.39, 0.29) is 18.2 Å². The molecule has 32 heavy (non-hydrogen) atoms. The van der Waals surface area contributed by atoms with Crippen molar-refractivity contribution < 1.29 is 17.9 Å². The van der Waals surface area contributed by atoms with Gasteiger partial charge in [-0.1, -0.05) is 25.1 Å². The van der Waals surface area contributed by atoms with Crippen molar-refractivity contribution in [2.75, 3.05) is 23.7 Å². The summed E-state index contributed by atoms with van der Waals surface area (Å²) < 4.78 is 41.9. The van der Waals surface area contributed by atoms with E-state index < -0.39 is 6.36 Å². The molecule has 0 unspecified atom stereocenters. The van der Waals surface area contributed by atoms with Crippen molar-refractivity contribution in [3.8, 4) is 11.8 Å². The number of nitrogens with one attached hydrogen (secondary N) is 3. The van der Waals surface area contributed by atoms with E-state index in [2.05, 4.69) is 43.6 Å². The molecule has 7 nitrogen and oxygen atoms in total. The van der Waals surface area contributed by atoms with Gasteiger partial charge in [0.15, 0.2) is 0 Å². The zero-order valence-electron chi connectivity index (χ0n) is 17.9. The summed E-state index contributed by atoms with van der Waals surface area (Å²) in [6.07, 6.45) is 1.07. The molecule has 0 amide bonds. The second-order valence-electron chi connectivity index (χ2n) is 7.73. The average Bonchev–Trinajstić information content (AvgIpc) is 2.77. The van der Waals surface area contributed by atoms with Gasteiger partial charge in [0.05, 0.1) is 6.20 Å². The van der Waals surface area contributed by atoms with Gasteiger partial charge in [0.25, 0.3) is 0 Å². The quantitative estimate of drug-likeness (QED) is 0.522. The van der Waals surface area contributed by atoms with Crippen molar-refractivity contribution in [1.29, 1.82) is 5.26 Å². The third-order valence-corrected chi connectivity index (χ3v) is 5.44. The summed E-state index contributed by atoms with van der Waals surface area (Å²) in [4.78, 5) is 8.46. The Morgan fingerprint density at radius 1 is 1.16 bits per heavy atom. The zero-order valence-corrected chi connectivity index (χ0v) is 17.9. The Morgan fingerprint density at radius 3 is 2.59 bits per heavy atom. The highest BCUT2D eigenvalue weighted by Crippen LogP contribution is 2.27. The first-order chi connectivity index (χ1) is 15.4. The number of halogens is 3. The summed E-state index contributed by atoms with van der Waals surface area (Å²) in [6.45, 7) is 3.82. The number of para-hydroxylation sites is 1. The number of hydrogen-bond acceptors (Lipinski definition) is 7. The molecule has 1 fully saturated rings. The second-order valence-corrected chi connectivity index (χ2v) is 7.73. The molecule has 0 bridgehead atoms. The first-order valence-corrected chi connectivity index (χ1v) is 10.7. The van der Waals surface area contributed by atoms with Gasteiger partial charge < -0.3 is 20.7 Å². The van der Waals surface area contributed by atoms with Crippen LogP contribution in [0.5, 0.6) is 5.75 Å². The third kappa shape index (κ3) is 6.99. The number of nitrogens with zero attached hydrogens (tertiary/aromatic N) is 3. The van der Waals surface area contributed by atoms with E-state index in [1.54, 1.807) is 6.07 Å². The van der Waals surface area contributed by atoms with E-state index in [4.69, 9.17) is 0 Å². The van der Waals surface area contributed by atoms with Crippen LogP contribution in [0, 0.1) is 17.2 Å². The fraction of sp³-hybridized carbons (Fsp3) is 0.500. The molecule has 1 aliphatic rings. The van der Waals surface area contributed by atoms with Gasteiger partial charge >= 0.3 is 6.36 Å². The van der Waals surface area contributed by atoms with Gasteiger partial charge in [-0.05, 0) is 44.2 Å². The van der Waals surface area contributed by atoms with Gasteiger partial charge in [0.1, 0.15) is 23.2 Å². The lowest BCUT2D eigenvalue weighted by Gasteiger charge is -2.29. The summed E-state index contributed by atoms with van der Waals surface area (Å²) in [6, 6.07) is 8.52. The van der Waals surface area contributed by atoms with E-state index in [1.165, 1.54) is 24.4 Å². The van der Waals surface area contributed by atoms with Gasteiger partial charge in [0.2, 0.25) is 5.95 Å². The first kappa shape index (κ1) is 23.6. The molecule has 0 atom stereocenters. The Bertz CT molecular complexity index is 923. The Kier molecular flexibility index (Phi) is 8.11. The summed E-state index contributed by atoms with van der Waals surface area (Å²) in [5, 5.41) is 19.0. The van der Waals surface area contributed by atoms with Gasteiger partial charge in [-0.15, -0.1) is 13.2 Å². The Morgan fingerprint density at radius 2 is 1.91 bits per heavy atom. The minimum absolute atomic E-state index is 0.0338. The normalized spacial score (nSPS) is 18.6. The van der Waals surface area contributed by atoms with E-state index in [0.29, 0.717) is 35.4 Å². The van der Waals surface area contributed by atoms with E-state index in [1.807, 2.05) is 0 Å². The lowest BCUT2D eigenvalue weighted by atomic mass is 9.86. The maximum atomic E-state index is 12.6.